The van der Waals surface area contributed by atoms with Gasteiger partial charge in [0.2, 0.25) is 0 Å². The molecule has 1 N–H and O–H groups in total. The molecule has 0 bridgehead atoms. The van der Waals surface area contributed by atoms with Gasteiger partial charge in [-0.25, -0.2) is 4.98 Å². The van der Waals surface area contributed by atoms with Gasteiger partial charge >= 0.3 is 0 Å². The fourth-order valence-corrected chi connectivity index (χ4v) is 1.20. The van der Waals surface area contributed by atoms with Gasteiger partial charge in [0.05, 0.1) is 17.4 Å². The fraction of sp³-hybridized carbons (Fsp3) is 0.364. The Bertz CT molecular complexity index is 368. The van der Waals surface area contributed by atoms with E-state index in [0.717, 1.165) is 17.5 Å². The van der Waals surface area contributed by atoms with Crippen molar-refractivity contribution in [3.05, 3.63) is 30.1 Å². The number of nitrogens with one attached hydrogen (secondary N) is 1. The first-order valence-electron chi connectivity index (χ1n) is 4.82. The van der Waals surface area contributed by atoms with Crippen LogP contribution >= 0.6 is 0 Å². The second kappa shape index (κ2) is 4.65. The standard InChI is InChI=1S/C9H10N2.C2H6.H2/c1-2-7-3-4-8-9(5-7)11-6-10-8;1-2;/h3-6H,2H2,1H3,(H,10,11);1-2H3;1H. The maximum atomic E-state index is 4.14. The molecule has 0 aliphatic rings. The van der Waals surface area contributed by atoms with E-state index in [-0.39, 0.29) is 1.43 Å². The molecule has 0 spiro atoms. The number of aromatic nitrogens is 2. The lowest BCUT2D eigenvalue weighted by atomic mass is 10.1. The summed E-state index contributed by atoms with van der Waals surface area (Å²) in [5, 5.41) is 0. The molecule has 0 saturated carbocycles. The first-order chi connectivity index (χ1) is 6.40. The number of hydrogen-bond donors (Lipinski definition) is 1. The summed E-state index contributed by atoms with van der Waals surface area (Å²) in [6.07, 6.45) is 2.80. The molecular weight excluding hydrogens is 160 g/mol. The lowest BCUT2D eigenvalue weighted by Gasteiger charge is -1.93. The van der Waals surface area contributed by atoms with E-state index in [2.05, 4.69) is 29.0 Å². The summed E-state index contributed by atoms with van der Waals surface area (Å²) in [7, 11) is 0. The lowest BCUT2D eigenvalue weighted by Crippen LogP contribution is -1.78. The minimum Gasteiger partial charge on any atom is -0.345 e. The quantitative estimate of drug-likeness (QED) is 0.712. The SMILES string of the molecule is CC.CCc1ccc2nc[nH]c2c1.[HH]. The van der Waals surface area contributed by atoms with Gasteiger partial charge in [0.1, 0.15) is 0 Å². The topological polar surface area (TPSA) is 28.7 Å². The van der Waals surface area contributed by atoms with Crippen molar-refractivity contribution in [2.45, 2.75) is 27.2 Å². The lowest BCUT2D eigenvalue weighted by molar-refractivity contribution is 1.14. The first kappa shape index (κ1) is 9.78. The van der Waals surface area contributed by atoms with Gasteiger partial charge in [-0.3, -0.25) is 0 Å². The third-order valence-electron chi connectivity index (χ3n) is 1.89. The normalized spacial score (nSPS) is 9.46. The smallest absolute Gasteiger partial charge is 0.0931 e. The van der Waals surface area contributed by atoms with Crippen LogP contribution in [0.4, 0.5) is 0 Å². The minimum absolute atomic E-state index is 0. The molecule has 2 rings (SSSR count). The molecule has 0 radical (unpaired) electrons. The Hall–Kier alpha value is -1.31. The van der Waals surface area contributed by atoms with Crippen LogP contribution in [0.5, 0.6) is 0 Å². The third kappa shape index (κ3) is 2.08. The molecule has 0 unspecified atom stereocenters. The molecule has 2 nitrogen and oxygen atoms in total. The number of fused-ring (bicyclic) bond motifs is 1. The molecule has 0 aliphatic heterocycles. The van der Waals surface area contributed by atoms with E-state index in [9.17, 15) is 0 Å². The van der Waals surface area contributed by atoms with Gasteiger partial charge in [-0.15, -0.1) is 0 Å². The fourth-order valence-electron chi connectivity index (χ4n) is 1.20. The Morgan fingerprint density at radius 2 is 2.15 bits per heavy atom. The summed E-state index contributed by atoms with van der Waals surface area (Å²) in [4.78, 5) is 7.22. The Labute approximate surface area is 80.5 Å². The number of imidazole rings is 1. The number of H-pyrrole nitrogens is 1. The number of aromatic amines is 1. The highest BCUT2D eigenvalue weighted by Crippen LogP contribution is 2.11. The Morgan fingerprint density at radius 3 is 2.85 bits per heavy atom. The molecule has 0 atom stereocenters. The highest BCUT2D eigenvalue weighted by molar-refractivity contribution is 5.74. The van der Waals surface area contributed by atoms with Crippen LogP contribution in [-0.4, -0.2) is 9.97 Å². The van der Waals surface area contributed by atoms with E-state index >= 15 is 0 Å². The monoisotopic (exact) mass is 178 g/mol. The number of aryl methyl sites for hydroxylation is 1. The van der Waals surface area contributed by atoms with Gasteiger partial charge in [-0.05, 0) is 24.1 Å². The largest absolute Gasteiger partial charge is 0.345 e. The first-order valence-corrected chi connectivity index (χ1v) is 4.82. The number of benzene rings is 1. The van der Waals surface area contributed by atoms with E-state index < -0.39 is 0 Å². The number of nitrogens with zero attached hydrogens (tertiary/aromatic N) is 1. The molecular formula is C11H18N2. The van der Waals surface area contributed by atoms with Crippen LogP contribution < -0.4 is 0 Å². The van der Waals surface area contributed by atoms with E-state index in [0.29, 0.717) is 0 Å². The summed E-state index contributed by atoms with van der Waals surface area (Å²) in [5.41, 5.74) is 3.52. The summed E-state index contributed by atoms with van der Waals surface area (Å²) in [6, 6.07) is 6.30. The summed E-state index contributed by atoms with van der Waals surface area (Å²) in [6.45, 7) is 6.15. The van der Waals surface area contributed by atoms with Gasteiger partial charge in [0.25, 0.3) is 0 Å². The summed E-state index contributed by atoms with van der Waals surface area (Å²) in [5.74, 6) is 0. The molecule has 2 aromatic rings. The van der Waals surface area contributed by atoms with Crippen LogP contribution in [-0.2, 0) is 6.42 Å². The molecule has 1 aromatic heterocycles. The molecule has 0 aliphatic carbocycles. The molecule has 72 valence electrons. The summed E-state index contributed by atoms with van der Waals surface area (Å²) >= 11 is 0. The zero-order chi connectivity index (χ0) is 9.68. The Kier molecular flexibility index (Phi) is 3.50. The highest BCUT2D eigenvalue weighted by atomic mass is 14.9. The molecule has 0 amide bonds. The van der Waals surface area contributed by atoms with Gasteiger partial charge in [-0.2, -0.15) is 0 Å². The predicted molar refractivity (Wildman–Crippen MR) is 58.9 cm³/mol. The van der Waals surface area contributed by atoms with Crippen molar-refractivity contribution in [3.8, 4) is 0 Å². The molecule has 0 saturated heterocycles. The number of hydrogen-bond acceptors (Lipinski definition) is 1. The average Bonchev–Trinajstić information content (AvgIpc) is 2.67. The van der Waals surface area contributed by atoms with Crippen molar-refractivity contribution in [3.63, 3.8) is 0 Å². The maximum absolute atomic E-state index is 4.14. The second-order valence-corrected chi connectivity index (χ2v) is 2.61. The van der Waals surface area contributed by atoms with Gasteiger partial charge in [0, 0.05) is 1.43 Å². The van der Waals surface area contributed by atoms with E-state index in [1.165, 1.54) is 5.56 Å². The Balaban J connectivity index is 0.000000531. The van der Waals surface area contributed by atoms with E-state index in [1.807, 2.05) is 19.9 Å². The molecule has 1 aromatic carbocycles. The predicted octanol–water partition coefficient (Wildman–Crippen LogP) is 3.40. The van der Waals surface area contributed by atoms with Gasteiger partial charge < -0.3 is 4.98 Å². The van der Waals surface area contributed by atoms with Crippen molar-refractivity contribution < 1.29 is 1.43 Å². The highest BCUT2D eigenvalue weighted by Gasteiger charge is 1.94. The van der Waals surface area contributed by atoms with Crippen LogP contribution in [0.25, 0.3) is 11.0 Å². The molecule has 0 fully saturated rings. The van der Waals surface area contributed by atoms with E-state index in [1.54, 1.807) is 6.33 Å². The molecule has 2 heteroatoms. The minimum atomic E-state index is 0. The van der Waals surface area contributed by atoms with Crippen molar-refractivity contribution in [2.75, 3.05) is 0 Å². The van der Waals surface area contributed by atoms with Gasteiger partial charge in [0.15, 0.2) is 0 Å². The Morgan fingerprint density at radius 1 is 1.38 bits per heavy atom. The van der Waals surface area contributed by atoms with Crippen molar-refractivity contribution in [2.24, 2.45) is 0 Å². The number of rotatable bonds is 1. The summed E-state index contributed by atoms with van der Waals surface area (Å²) < 4.78 is 0. The van der Waals surface area contributed by atoms with Crippen molar-refractivity contribution in [1.29, 1.82) is 0 Å². The zero-order valence-corrected chi connectivity index (χ0v) is 8.46. The van der Waals surface area contributed by atoms with Crippen LogP contribution in [0.1, 0.15) is 27.8 Å². The van der Waals surface area contributed by atoms with Crippen LogP contribution in [0.15, 0.2) is 24.5 Å². The average molecular weight is 178 g/mol. The van der Waals surface area contributed by atoms with Crippen LogP contribution in [0.2, 0.25) is 0 Å². The van der Waals surface area contributed by atoms with Crippen LogP contribution in [0.3, 0.4) is 0 Å². The second-order valence-electron chi connectivity index (χ2n) is 2.61. The van der Waals surface area contributed by atoms with E-state index in [4.69, 9.17) is 0 Å². The molecule has 1 heterocycles. The maximum Gasteiger partial charge on any atom is 0.0931 e. The zero-order valence-electron chi connectivity index (χ0n) is 8.46. The van der Waals surface area contributed by atoms with Crippen LogP contribution in [0, 0.1) is 0 Å². The van der Waals surface area contributed by atoms with Crippen molar-refractivity contribution >= 4 is 11.0 Å². The van der Waals surface area contributed by atoms with Gasteiger partial charge in [-0.1, -0.05) is 26.8 Å². The third-order valence-corrected chi connectivity index (χ3v) is 1.89. The molecule has 13 heavy (non-hydrogen) atoms. The van der Waals surface area contributed by atoms with Crippen molar-refractivity contribution in [1.82, 2.24) is 9.97 Å².